The Morgan fingerprint density at radius 2 is 1.00 bits per heavy atom. The van der Waals surface area contributed by atoms with Crippen molar-refractivity contribution in [2.24, 2.45) is 11.8 Å². The van der Waals surface area contributed by atoms with Crippen LogP contribution in [0.1, 0.15) is 41.5 Å². The molecule has 0 rings (SSSR count). The molecule has 0 nitrogen and oxygen atoms in total. The zero-order chi connectivity index (χ0) is 9.89. The van der Waals surface area contributed by atoms with E-state index >= 15 is 0 Å². The lowest BCUT2D eigenvalue weighted by atomic mass is 9.49. The minimum absolute atomic E-state index is 0.324. The lowest BCUT2D eigenvalue weighted by Gasteiger charge is -2.26. The van der Waals surface area contributed by atoms with E-state index in [0.29, 0.717) is 29.6 Å². The summed E-state index contributed by atoms with van der Waals surface area (Å²) in [5.41, 5.74) is 0. The summed E-state index contributed by atoms with van der Waals surface area (Å²) in [6, 6.07) is 0. The Morgan fingerprint density at radius 3 is 1.17 bits per heavy atom. The highest BCUT2D eigenvalue weighted by molar-refractivity contribution is 7.08. The summed E-state index contributed by atoms with van der Waals surface area (Å²) >= 11 is 6.37. The first-order valence-corrected chi connectivity index (χ1v) is 5.45. The Kier molecular flexibility index (Phi) is 5.32. The van der Waals surface area contributed by atoms with E-state index in [1.807, 2.05) is 0 Å². The van der Waals surface area contributed by atoms with Gasteiger partial charge in [0.25, 0.3) is 6.13 Å². The molecule has 0 aromatic heterocycles. The molecule has 0 N–H and O–H groups in total. The van der Waals surface area contributed by atoms with Crippen molar-refractivity contribution in [1.29, 1.82) is 0 Å². The van der Waals surface area contributed by atoms with Gasteiger partial charge in [0.1, 0.15) is 0 Å². The third-order valence-corrected chi connectivity index (χ3v) is 3.90. The number of rotatable bonds is 4. The molecule has 0 aliphatic carbocycles. The number of hydrogen-bond acceptors (Lipinski definition) is 0. The van der Waals surface area contributed by atoms with Crippen molar-refractivity contribution in [3.63, 3.8) is 0 Å². The normalized spacial score (nSPS) is 16.8. The molecule has 72 valence electrons. The SMILES string of the molecule is CC(C)C(C)B(Cl)C(C)C(C)C. The van der Waals surface area contributed by atoms with Gasteiger partial charge in [0, 0.05) is 0 Å². The van der Waals surface area contributed by atoms with Crippen LogP contribution in [0.25, 0.3) is 0 Å². The van der Waals surface area contributed by atoms with Crippen LogP contribution in [-0.4, -0.2) is 6.13 Å². The Balaban J connectivity index is 4.08. The fraction of sp³-hybridized carbons (Fsp3) is 1.00. The molecule has 0 bridgehead atoms. The van der Waals surface area contributed by atoms with Gasteiger partial charge in [-0.25, -0.2) is 0 Å². The Hall–Kier alpha value is 0.355. The maximum Gasteiger partial charge on any atom is 0.256 e. The summed E-state index contributed by atoms with van der Waals surface area (Å²) in [4.78, 5) is 0. The van der Waals surface area contributed by atoms with E-state index in [9.17, 15) is 0 Å². The van der Waals surface area contributed by atoms with Gasteiger partial charge in [-0.3, -0.25) is 0 Å². The second-order valence-electron chi connectivity index (χ2n) is 4.65. The van der Waals surface area contributed by atoms with Gasteiger partial charge in [-0.1, -0.05) is 41.5 Å². The number of halogens is 1. The van der Waals surface area contributed by atoms with E-state index in [1.54, 1.807) is 0 Å². The molecule has 0 spiro atoms. The predicted molar refractivity (Wildman–Crippen MR) is 60.1 cm³/mol. The molecule has 2 heteroatoms. The second-order valence-corrected chi connectivity index (χ2v) is 5.15. The van der Waals surface area contributed by atoms with Crippen molar-refractivity contribution in [1.82, 2.24) is 0 Å². The first-order chi connectivity index (χ1) is 5.37. The lowest BCUT2D eigenvalue weighted by Crippen LogP contribution is -2.24. The zero-order valence-corrected chi connectivity index (χ0v) is 10.0. The van der Waals surface area contributed by atoms with Crippen LogP contribution in [-0.2, 0) is 0 Å². The quantitative estimate of drug-likeness (QED) is 0.577. The van der Waals surface area contributed by atoms with E-state index in [-0.39, 0.29) is 0 Å². The van der Waals surface area contributed by atoms with Crippen molar-refractivity contribution in [2.75, 3.05) is 0 Å². The highest BCUT2D eigenvalue weighted by atomic mass is 35.5. The van der Waals surface area contributed by atoms with Gasteiger partial charge in [-0.2, -0.15) is 11.5 Å². The molecule has 0 aliphatic rings. The van der Waals surface area contributed by atoms with Gasteiger partial charge >= 0.3 is 0 Å². The Bertz CT molecular complexity index is 109. The van der Waals surface area contributed by atoms with Gasteiger partial charge in [0.15, 0.2) is 0 Å². The molecule has 2 unspecified atom stereocenters. The summed E-state index contributed by atoms with van der Waals surface area (Å²) in [6.45, 7) is 13.5. The lowest BCUT2D eigenvalue weighted by molar-refractivity contribution is 0.571. The minimum atomic E-state index is 0.324. The highest BCUT2D eigenvalue weighted by Gasteiger charge is 2.29. The van der Waals surface area contributed by atoms with Crippen molar-refractivity contribution in [2.45, 2.75) is 53.2 Å². The molecule has 0 saturated carbocycles. The van der Waals surface area contributed by atoms with Crippen LogP contribution in [0, 0.1) is 11.8 Å². The maximum absolute atomic E-state index is 6.37. The predicted octanol–water partition coefficient (Wildman–Crippen LogP) is 4.31. The van der Waals surface area contributed by atoms with Gasteiger partial charge < -0.3 is 0 Å². The second kappa shape index (κ2) is 5.16. The number of hydrogen-bond donors (Lipinski definition) is 0. The van der Waals surface area contributed by atoms with E-state index in [0.717, 1.165) is 0 Å². The molecular formula is C10H22BCl. The largest absolute Gasteiger partial charge is 0.256 e. The van der Waals surface area contributed by atoms with E-state index in [4.69, 9.17) is 11.5 Å². The van der Waals surface area contributed by atoms with E-state index in [1.165, 1.54) is 0 Å². The molecule has 0 saturated heterocycles. The molecular weight excluding hydrogens is 166 g/mol. The van der Waals surface area contributed by atoms with Crippen LogP contribution >= 0.6 is 11.5 Å². The van der Waals surface area contributed by atoms with Crippen LogP contribution in [0.2, 0.25) is 11.6 Å². The van der Waals surface area contributed by atoms with Gasteiger partial charge in [-0.05, 0) is 23.5 Å². The third-order valence-electron chi connectivity index (χ3n) is 3.11. The maximum atomic E-state index is 6.37. The summed E-state index contributed by atoms with van der Waals surface area (Å²) in [5, 5.41) is 0. The molecule has 0 aliphatic heterocycles. The van der Waals surface area contributed by atoms with Crippen LogP contribution in [0.15, 0.2) is 0 Å². The molecule has 0 fully saturated rings. The van der Waals surface area contributed by atoms with Gasteiger partial charge in [-0.15, -0.1) is 0 Å². The van der Waals surface area contributed by atoms with Crippen LogP contribution < -0.4 is 0 Å². The summed E-state index contributed by atoms with van der Waals surface area (Å²) in [5.74, 6) is 2.61. The summed E-state index contributed by atoms with van der Waals surface area (Å²) in [7, 11) is 0. The highest BCUT2D eigenvalue weighted by Crippen LogP contribution is 2.34. The molecule has 0 aromatic rings. The average molecular weight is 189 g/mol. The fourth-order valence-electron chi connectivity index (χ4n) is 1.21. The Labute approximate surface area is 83.1 Å². The Morgan fingerprint density at radius 1 is 0.750 bits per heavy atom. The minimum Gasteiger partial charge on any atom is -0.195 e. The molecule has 12 heavy (non-hydrogen) atoms. The van der Waals surface area contributed by atoms with Crippen LogP contribution in [0.4, 0.5) is 0 Å². The first kappa shape index (κ1) is 12.4. The standard InChI is InChI=1S/C10H22BCl/c1-7(2)9(5)11(12)10(6)8(3)4/h7-10H,1-6H3. The first-order valence-electron chi connectivity index (χ1n) is 5.02. The molecule has 2 atom stereocenters. The topological polar surface area (TPSA) is 0 Å². The third kappa shape index (κ3) is 3.39. The molecule has 0 heterocycles. The summed E-state index contributed by atoms with van der Waals surface area (Å²) in [6.07, 6.45) is 0.324. The summed E-state index contributed by atoms with van der Waals surface area (Å²) < 4.78 is 0. The van der Waals surface area contributed by atoms with Crippen LogP contribution in [0.3, 0.4) is 0 Å². The van der Waals surface area contributed by atoms with Crippen molar-refractivity contribution < 1.29 is 0 Å². The van der Waals surface area contributed by atoms with Crippen molar-refractivity contribution in [3.8, 4) is 0 Å². The molecule has 0 radical (unpaired) electrons. The average Bonchev–Trinajstić information content (AvgIpc) is 2.00. The van der Waals surface area contributed by atoms with Gasteiger partial charge in [0.05, 0.1) is 0 Å². The van der Waals surface area contributed by atoms with E-state index in [2.05, 4.69) is 41.5 Å². The monoisotopic (exact) mass is 188 g/mol. The smallest absolute Gasteiger partial charge is 0.195 e. The zero-order valence-electron chi connectivity index (χ0n) is 9.26. The molecule has 0 amide bonds. The fourth-order valence-corrected chi connectivity index (χ4v) is 1.80. The van der Waals surface area contributed by atoms with E-state index < -0.39 is 0 Å². The van der Waals surface area contributed by atoms with Crippen LogP contribution in [0.5, 0.6) is 0 Å². The van der Waals surface area contributed by atoms with Crippen molar-refractivity contribution in [3.05, 3.63) is 0 Å². The van der Waals surface area contributed by atoms with Gasteiger partial charge in [0.2, 0.25) is 0 Å². The molecule has 0 aromatic carbocycles. The van der Waals surface area contributed by atoms with Crippen molar-refractivity contribution >= 4 is 17.6 Å².